The molecule has 0 aliphatic heterocycles. The van der Waals surface area contributed by atoms with Crippen LogP contribution in [0.25, 0.3) is 10.2 Å². The lowest BCUT2D eigenvalue weighted by molar-refractivity contribution is -0.169. The smallest absolute Gasteiger partial charge is 0.319 e. The highest BCUT2D eigenvalue weighted by molar-refractivity contribution is 7.16. The number of aryl methyl sites for hydroxylation is 1. The van der Waals surface area contributed by atoms with Gasteiger partial charge in [-0.1, -0.05) is 23.5 Å². The third-order valence-corrected chi connectivity index (χ3v) is 3.27. The lowest BCUT2D eigenvalue weighted by Gasteiger charge is -1.98. The maximum absolute atomic E-state index is 12.1. The summed E-state index contributed by atoms with van der Waals surface area (Å²) in [4.78, 5) is 13.9. The summed E-state index contributed by atoms with van der Waals surface area (Å²) in [5, 5.41) is 0. The molecule has 1 aromatic heterocycles. The fourth-order valence-corrected chi connectivity index (χ4v) is 2.36. The van der Waals surface area contributed by atoms with E-state index in [1.807, 2.05) is 0 Å². The Morgan fingerprint density at radius 2 is 2.00 bits per heavy atom. The number of rotatable bonds is 0. The number of aromatic nitrogens is 1. The molecular formula is C10H7F3N2OS. The van der Waals surface area contributed by atoms with E-state index >= 15 is 0 Å². The quantitative estimate of drug-likeness (QED) is 0.715. The van der Waals surface area contributed by atoms with Crippen molar-refractivity contribution in [2.45, 2.75) is 6.18 Å². The molecule has 1 heterocycles. The van der Waals surface area contributed by atoms with Gasteiger partial charge in [-0.3, -0.25) is 4.79 Å². The Morgan fingerprint density at radius 3 is 2.59 bits per heavy atom. The van der Waals surface area contributed by atoms with Crippen molar-refractivity contribution < 1.29 is 18.0 Å². The first-order chi connectivity index (χ1) is 7.89. The van der Waals surface area contributed by atoms with Gasteiger partial charge in [-0.2, -0.15) is 18.2 Å². The minimum atomic E-state index is -4.93. The third kappa shape index (κ3) is 2.23. The number of amides is 1. The van der Waals surface area contributed by atoms with Gasteiger partial charge >= 0.3 is 12.1 Å². The first-order valence-electron chi connectivity index (χ1n) is 4.60. The number of hydrogen-bond donors (Lipinski definition) is 0. The molecule has 3 nitrogen and oxygen atoms in total. The lowest BCUT2D eigenvalue weighted by atomic mass is 10.3. The van der Waals surface area contributed by atoms with Gasteiger partial charge in [0.25, 0.3) is 0 Å². The molecule has 0 N–H and O–H groups in total. The normalized spacial score (nSPS) is 13.3. The van der Waals surface area contributed by atoms with Gasteiger partial charge in [0, 0.05) is 7.05 Å². The number of carbonyl (C=O) groups excluding carboxylic acids is 1. The summed E-state index contributed by atoms with van der Waals surface area (Å²) in [5.74, 6) is -2.08. The van der Waals surface area contributed by atoms with Gasteiger partial charge in [0.15, 0.2) is 4.80 Å². The number of carbonyl (C=O) groups is 1. The Bertz CT molecular complexity index is 639. The van der Waals surface area contributed by atoms with Crippen molar-refractivity contribution in [2.24, 2.45) is 12.0 Å². The molecule has 0 saturated heterocycles. The van der Waals surface area contributed by atoms with E-state index in [1.165, 1.54) is 4.57 Å². The van der Waals surface area contributed by atoms with Crippen molar-refractivity contribution in [1.82, 2.24) is 4.57 Å². The van der Waals surface area contributed by atoms with E-state index in [-0.39, 0.29) is 4.80 Å². The molecule has 0 bridgehead atoms. The van der Waals surface area contributed by atoms with Crippen molar-refractivity contribution in [3.05, 3.63) is 29.1 Å². The van der Waals surface area contributed by atoms with Crippen LogP contribution < -0.4 is 4.80 Å². The number of para-hydroxylation sites is 1. The Hall–Kier alpha value is -1.63. The number of halogens is 3. The second-order valence-electron chi connectivity index (χ2n) is 3.33. The second-order valence-corrected chi connectivity index (χ2v) is 4.34. The number of benzene rings is 1. The Kier molecular flexibility index (Phi) is 2.78. The van der Waals surface area contributed by atoms with Crippen molar-refractivity contribution in [3.63, 3.8) is 0 Å². The van der Waals surface area contributed by atoms with Crippen LogP contribution in [-0.2, 0) is 11.8 Å². The lowest BCUT2D eigenvalue weighted by Crippen LogP contribution is -2.24. The highest BCUT2D eigenvalue weighted by atomic mass is 32.1. The average Bonchev–Trinajstić information content (AvgIpc) is 2.55. The maximum atomic E-state index is 12.1. The van der Waals surface area contributed by atoms with Crippen LogP contribution in [0.2, 0.25) is 0 Å². The van der Waals surface area contributed by atoms with Crippen LogP contribution in [0.4, 0.5) is 13.2 Å². The SMILES string of the molecule is Cn1c(=NC(=O)C(F)(F)F)sc2ccccc21. The zero-order chi connectivity index (χ0) is 12.6. The molecule has 0 radical (unpaired) electrons. The molecule has 1 amide bonds. The monoisotopic (exact) mass is 260 g/mol. The summed E-state index contributed by atoms with van der Waals surface area (Å²) in [6.45, 7) is 0. The molecule has 0 unspecified atom stereocenters. The molecule has 17 heavy (non-hydrogen) atoms. The van der Waals surface area contributed by atoms with Gasteiger partial charge in [0.2, 0.25) is 0 Å². The van der Waals surface area contributed by atoms with E-state index in [4.69, 9.17) is 0 Å². The van der Waals surface area contributed by atoms with E-state index in [0.29, 0.717) is 0 Å². The second kappa shape index (κ2) is 3.99. The van der Waals surface area contributed by atoms with E-state index in [0.717, 1.165) is 21.6 Å². The summed E-state index contributed by atoms with van der Waals surface area (Å²) in [6, 6.07) is 7.05. The standard InChI is InChI=1S/C10H7F3N2OS/c1-15-6-4-2-3-5-7(6)17-9(15)14-8(16)10(11,12)13/h2-5H,1H3. The van der Waals surface area contributed by atoms with Crippen LogP contribution >= 0.6 is 11.3 Å². The first kappa shape index (κ1) is 11.8. The molecule has 90 valence electrons. The van der Waals surface area contributed by atoms with Crippen molar-refractivity contribution in [2.75, 3.05) is 0 Å². The van der Waals surface area contributed by atoms with Gasteiger partial charge in [-0.05, 0) is 12.1 Å². The van der Waals surface area contributed by atoms with Crippen LogP contribution in [0, 0.1) is 0 Å². The highest BCUT2D eigenvalue weighted by Crippen LogP contribution is 2.18. The molecule has 2 aromatic rings. The minimum Gasteiger partial charge on any atom is -0.319 e. The summed E-state index contributed by atoms with van der Waals surface area (Å²) >= 11 is 1.04. The number of alkyl halides is 3. The summed E-state index contributed by atoms with van der Waals surface area (Å²) in [7, 11) is 1.57. The Labute approximate surface area is 97.8 Å². The van der Waals surface area contributed by atoms with E-state index in [2.05, 4.69) is 4.99 Å². The van der Waals surface area contributed by atoms with Crippen molar-refractivity contribution in [3.8, 4) is 0 Å². The molecular weight excluding hydrogens is 253 g/mol. The summed E-state index contributed by atoms with van der Waals surface area (Å²) in [6.07, 6.45) is -4.93. The van der Waals surface area contributed by atoms with Crippen LogP contribution in [-0.4, -0.2) is 16.7 Å². The molecule has 0 saturated carbocycles. The van der Waals surface area contributed by atoms with E-state index in [1.54, 1.807) is 31.3 Å². The number of nitrogens with zero attached hydrogens (tertiary/aromatic N) is 2. The van der Waals surface area contributed by atoms with Gasteiger partial charge in [-0.15, -0.1) is 0 Å². The predicted octanol–water partition coefficient (Wildman–Crippen LogP) is 2.23. The summed E-state index contributed by atoms with van der Waals surface area (Å²) in [5.41, 5.74) is 0.742. The largest absolute Gasteiger partial charge is 0.473 e. The van der Waals surface area contributed by atoms with Gasteiger partial charge in [0.05, 0.1) is 10.2 Å². The highest BCUT2D eigenvalue weighted by Gasteiger charge is 2.38. The zero-order valence-corrected chi connectivity index (χ0v) is 9.47. The Balaban J connectivity index is 2.61. The molecule has 7 heteroatoms. The Morgan fingerprint density at radius 1 is 1.35 bits per heavy atom. The molecule has 0 aliphatic rings. The van der Waals surface area contributed by atoms with E-state index < -0.39 is 12.1 Å². The predicted molar refractivity (Wildman–Crippen MR) is 57.4 cm³/mol. The van der Waals surface area contributed by atoms with Gasteiger partial charge in [0.1, 0.15) is 0 Å². The minimum absolute atomic E-state index is 0.0357. The molecule has 0 atom stereocenters. The molecule has 0 aliphatic carbocycles. The van der Waals surface area contributed by atoms with Crippen LogP contribution in [0.3, 0.4) is 0 Å². The van der Waals surface area contributed by atoms with Gasteiger partial charge in [-0.25, -0.2) is 0 Å². The third-order valence-electron chi connectivity index (χ3n) is 2.15. The molecule has 0 spiro atoms. The van der Waals surface area contributed by atoms with E-state index in [9.17, 15) is 18.0 Å². The maximum Gasteiger partial charge on any atom is 0.473 e. The van der Waals surface area contributed by atoms with Crippen LogP contribution in [0.5, 0.6) is 0 Å². The molecule has 2 rings (SSSR count). The number of thiazole rings is 1. The first-order valence-corrected chi connectivity index (χ1v) is 5.41. The van der Waals surface area contributed by atoms with Crippen LogP contribution in [0.15, 0.2) is 29.3 Å². The fourth-order valence-electron chi connectivity index (χ4n) is 1.34. The summed E-state index contributed by atoms with van der Waals surface area (Å²) < 4.78 is 38.5. The van der Waals surface area contributed by atoms with Crippen molar-refractivity contribution in [1.29, 1.82) is 0 Å². The zero-order valence-electron chi connectivity index (χ0n) is 8.65. The average molecular weight is 260 g/mol. The number of hydrogen-bond acceptors (Lipinski definition) is 2. The fraction of sp³-hybridized carbons (Fsp3) is 0.200. The molecule has 1 aromatic carbocycles. The number of fused-ring (bicyclic) bond motifs is 1. The topological polar surface area (TPSA) is 34.4 Å². The molecule has 0 fully saturated rings. The van der Waals surface area contributed by atoms with Crippen LogP contribution in [0.1, 0.15) is 0 Å². The van der Waals surface area contributed by atoms with Gasteiger partial charge < -0.3 is 4.57 Å². The van der Waals surface area contributed by atoms with Crippen molar-refractivity contribution >= 4 is 27.5 Å².